The van der Waals surface area contributed by atoms with Gasteiger partial charge in [-0.1, -0.05) is 23.4 Å². The lowest BCUT2D eigenvalue weighted by molar-refractivity contribution is -0.147. The molecule has 1 N–H and O–H groups in total. The topological polar surface area (TPSA) is 72.6 Å². The summed E-state index contributed by atoms with van der Waals surface area (Å²) in [6.07, 6.45) is -0.759. The summed E-state index contributed by atoms with van der Waals surface area (Å²) in [5.41, 5.74) is 2.18. The number of halogens is 1. The summed E-state index contributed by atoms with van der Waals surface area (Å²) >= 11 is 0. The zero-order valence-corrected chi connectivity index (χ0v) is 14.4. The van der Waals surface area contributed by atoms with E-state index in [1.807, 2.05) is 0 Å². The molecule has 0 saturated carbocycles. The normalized spacial score (nSPS) is 12.0. The summed E-state index contributed by atoms with van der Waals surface area (Å²) in [6.45, 7) is 3.36. The van der Waals surface area contributed by atoms with Gasteiger partial charge in [-0.25, -0.2) is 4.39 Å². The largest absolute Gasteiger partial charge is 0.508 e. The third-order valence-electron chi connectivity index (χ3n) is 4.09. The highest BCUT2D eigenvalue weighted by atomic mass is 19.1. The minimum Gasteiger partial charge on any atom is -0.508 e. The maximum absolute atomic E-state index is 13.8. The number of hydrogen-bond acceptors (Lipinski definition) is 5. The molecule has 1 aromatic heterocycles. The average molecular weight is 355 g/mol. The van der Waals surface area contributed by atoms with Crippen molar-refractivity contribution in [3.05, 3.63) is 71.2 Å². The number of aromatic nitrogens is 1. The van der Waals surface area contributed by atoms with Gasteiger partial charge in [0.25, 0.3) is 0 Å². The first-order valence-electron chi connectivity index (χ1n) is 8.14. The van der Waals surface area contributed by atoms with Gasteiger partial charge in [-0.2, -0.15) is 0 Å². The Morgan fingerprint density at radius 3 is 2.62 bits per heavy atom. The molecule has 2 aromatic carbocycles. The summed E-state index contributed by atoms with van der Waals surface area (Å²) in [6, 6.07) is 12.6. The zero-order chi connectivity index (χ0) is 18.7. The van der Waals surface area contributed by atoms with E-state index in [2.05, 4.69) is 5.16 Å². The van der Waals surface area contributed by atoms with Crippen molar-refractivity contribution in [3.8, 4) is 17.1 Å². The molecule has 5 nitrogen and oxygen atoms in total. The highest BCUT2D eigenvalue weighted by Gasteiger charge is 2.21. The Hall–Kier alpha value is -3.15. The molecule has 0 radical (unpaired) electrons. The fraction of sp³-hybridized carbons (Fsp3) is 0.200. The van der Waals surface area contributed by atoms with Gasteiger partial charge in [0, 0.05) is 16.7 Å². The molecule has 1 heterocycles. The second-order valence-corrected chi connectivity index (χ2v) is 5.95. The number of ether oxygens (including phenoxy) is 1. The average Bonchev–Trinajstić information content (AvgIpc) is 2.96. The molecule has 0 aliphatic heterocycles. The third-order valence-corrected chi connectivity index (χ3v) is 4.09. The Labute approximate surface area is 150 Å². The van der Waals surface area contributed by atoms with Crippen molar-refractivity contribution in [1.82, 2.24) is 5.16 Å². The smallest absolute Gasteiger partial charge is 0.311 e. The van der Waals surface area contributed by atoms with Crippen LogP contribution in [0.4, 0.5) is 4.39 Å². The van der Waals surface area contributed by atoms with E-state index in [1.165, 1.54) is 18.2 Å². The van der Waals surface area contributed by atoms with E-state index in [0.29, 0.717) is 28.1 Å². The van der Waals surface area contributed by atoms with Crippen LogP contribution in [0.15, 0.2) is 53.1 Å². The number of aromatic hydroxyl groups is 1. The molecule has 0 spiro atoms. The minimum absolute atomic E-state index is 0.0513. The summed E-state index contributed by atoms with van der Waals surface area (Å²) in [4.78, 5) is 12.3. The number of carbonyl (C=O) groups excluding carboxylic acids is 1. The Kier molecular flexibility index (Phi) is 5.02. The van der Waals surface area contributed by atoms with Gasteiger partial charge in [0.2, 0.25) is 0 Å². The van der Waals surface area contributed by atoms with E-state index >= 15 is 0 Å². The molecular formula is C20H18FNO4. The Morgan fingerprint density at radius 1 is 1.23 bits per heavy atom. The predicted molar refractivity (Wildman–Crippen MR) is 93.0 cm³/mol. The maximum Gasteiger partial charge on any atom is 0.311 e. The first kappa shape index (κ1) is 17.7. The highest BCUT2D eigenvalue weighted by molar-refractivity contribution is 5.77. The van der Waals surface area contributed by atoms with Crippen molar-refractivity contribution in [2.24, 2.45) is 0 Å². The van der Waals surface area contributed by atoms with Crippen LogP contribution in [0.5, 0.6) is 5.75 Å². The summed E-state index contributed by atoms with van der Waals surface area (Å²) in [5, 5.41) is 13.3. The van der Waals surface area contributed by atoms with Crippen LogP contribution in [-0.4, -0.2) is 16.2 Å². The number of hydrogen-bond donors (Lipinski definition) is 1. The molecule has 6 heteroatoms. The van der Waals surface area contributed by atoms with E-state index in [-0.39, 0.29) is 12.2 Å². The summed E-state index contributed by atoms with van der Waals surface area (Å²) in [5.74, 6) is -0.353. The van der Waals surface area contributed by atoms with Crippen LogP contribution < -0.4 is 0 Å². The molecule has 0 amide bonds. The van der Waals surface area contributed by atoms with Crippen LogP contribution >= 0.6 is 0 Å². The number of benzene rings is 2. The van der Waals surface area contributed by atoms with Crippen molar-refractivity contribution in [1.29, 1.82) is 0 Å². The molecule has 0 unspecified atom stereocenters. The van der Waals surface area contributed by atoms with Crippen LogP contribution in [0.2, 0.25) is 0 Å². The molecule has 0 aliphatic carbocycles. The maximum atomic E-state index is 13.8. The van der Waals surface area contributed by atoms with Gasteiger partial charge in [0.1, 0.15) is 17.7 Å². The van der Waals surface area contributed by atoms with Gasteiger partial charge in [0.05, 0.1) is 12.1 Å². The molecule has 0 bridgehead atoms. The molecule has 0 fully saturated rings. The number of carbonyl (C=O) groups is 1. The Balaban J connectivity index is 1.77. The van der Waals surface area contributed by atoms with Gasteiger partial charge in [-0.3, -0.25) is 4.79 Å². The molecule has 1 atom stereocenters. The zero-order valence-electron chi connectivity index (χ0n) is 14.4. The summed E-state index contributed by atoms with van der Waals surface area (Å²) < 4.78 is 24.5. The standard InChI is InChI=1S/C20H18FNO4/c1-12-17(20(26-22-12)14-7-9-15(23)10-8-14)11-19(24)25-13(2)16-5-3-4-6-18(16)21/h3-10,13,23H,11H2,1-2H3/t13-/m1/s1. The van der Waals surface area contributed by atoms with E-state index in [1.54, 1.807) is 44.2 Å². The fourth-order valence-corrected chi connectivity index (χ4v) is 2.69. The number of rotatable bonds is 5. The van der Waals surface area contributed by atoms with Crippen LogP contribution in [0.3, 0.4) is 0 Å². The Morgan fingerprint density at radius 2 is 1.92 bits per heavy atom. The lowest BCUT2D eigenvalue weighted by atomic mass is 10.0. The highest BCUT2D eigenvalue weighted by Crippen LogP contribution is 2.29. The number of nitrogens with zero attached hydrogens (tertiary/aromatic N) is 1. The minimum atomic E-state index is -0.707. The van der Waals surface area contributed by atoms with Crippen molar-refractivity contribution in [3.63, 3.8) is 0 Å². The van der Waals surface area contributed by atoms with E-state index < -0.39 is 17.9 Å². The number of phenols is 1. The second kappa shape index (κ2) is 7.39. The van der Waals surface area contributed by atoms with Crippen LogP contribution in [0.25, 0.3) is 11.3 Å². The van der Waals surface area contributed by atoms with Crippen LogP contribution in [0.1, 0.15) is 29.8 Å². The molecule has 3 aromatic rings. The lowest BCUT2D eigenvalue weighted by Crippen LogP contribution is -2.13. The molecular weight excluding hydrogens is 337 g/mol. The molecule has 0 saturated heterocycles. The van der Waals surface area contributed by atoms with Crippen molar-refractivity contribution in [2.75, 3.05) is 0 Å². The fourth-order valence-electron chi connectivity index (χ4n) is 2.69. The van der Waals surface area contributed by atoms with Crippen molar-refractivity contribution in [2.45, 2.75) is 26.4 Å². The number of aryl methyl sites for hydroxylation is 1. The molecule has 0 aliphatic rings. The van der Waals surface area contributed by atoms with E-state index in [0.717, 1.165) is 0 Å². The Bertz CT molecular complexity index is 918. The van der Waals surface area contributed by atoms with Crippen LogP contribution in [-0.2, 0) is 16.0 Å². The van der Waals surface area contributed by atoms with Crippen molar-refractivity contribution < 1.29 is 23.6 Å². The SMILES string of the molecule is Cc1noc(-c2ccc(O)cc2)c1CC(=O)O[C@H](C)c1ccccc1F. The number of esters is 1. The quantitative estimate of drug-likeness (QED) is 0.689. The molecule has 26 heavy (non-hydrogen) atoms. The van der Waals surface area contributed by atoms with Crippen molar-refractivity contribution >= 4 is 5.97 Å². The predicted octanol–water partition coefficient (Wildman–Crippen LogP) is 4.34. The summed E-state index contributed by atoms with van der Waals surface area (Å²) in [7, 11) is 0. The monoisotopic (exact) mass is 355 g/mol. The number of phenolic OH excluding ortho intramolecular Hbond substituents is 1. The van der Waals surface area contributed by atoms with Gasteiger partial charge >= 0.3 is 5.97 Å². The first-order chi connectivity index (χ1) is 12.5. The van der Waals surface area contributed by atoms with E-state index in [4.69, 9.17) is 9.26 Å². The third kappa shape index (κ3) is 3.74. The first-order valence-corrected chi connectivity index (χ1v) is 8.14. The lowest BCUT2D eigenvalue weighted by Gasteiger charge is -2.14. The van der Waals surface area contributed by atoms with Gasteiger partial charge in [0.15, 0.2) is 5.76 Å². The van der Waals surface area contributed by atoms with Gasteiger partial charge in [-0.05, 0) is 44.2 Å². The van der Waals surface area contributed by atoms with Crippen LogP contribution in [0, 0.1) is 12.7 Å². The molecule has 3 rings (SSSR count). The van der Waals surface area contributed by atoms with E-state index in [9.17, 15) is 14.3 Å². The second-order valence-electron chi connectivity index (χ2n) is 5.95. The molecule has 134 valence electrons. The van der Waals surface area contributed by atoms with Gasteiger partial charge < -0.3 is 14.4 Å². The van der Waals surface area contributed by atoms with Gasteiger partial charge in [-0.15, -0.1) is 0 Å².